The molecule has 0 fully saturated rings. The SMILES string of the molecule is COc1ccc(OCC#CCOC(C)=O)cc1. The van der Waals surface area contributed by atoms with Crippen LogP contribution < -0.4 is 9.47 Å². The zero-order valence-corrected chi connectivity index (χ0v) is 9.86. The molecule has 0 aromatic heterocycles. The van der Waals surface area contributed by atoms with Gasteiger partial charge in [-0.25, -0.2) is 0 Å². The van der Waals surface area contributed by atoms with Gasteiger partial charge in [0.2, 0.25) is 0 Å². The molecule has 0 atom stereocenters. The summed E-state index contributed by atoms with van der Waals surface area (Å²) in [5.41, 5.74) is 0. The summed E-state index contributed by atoms with van der Waals surface area (Å²) in [4.78, 5) is 10.4. The minimum Gasteiger partial charge on any atom is -0.497 e. The van der Waals surface area contributed by atoms with E-state index in [0.29, 0.717) is 5.75 Å². The molecule has 0 bridgehead atoms. The van der Waals surface area contributed by atoms with Gasteiger partial charge in [-0.1, -0.05) is 11.8 Å². The number of methoxy groups -OCH3 is 1. The van der Waals surface area contributed by atoms with Crippen molar-refractivity contribution in [3.05, 3.63) is 24.3 Å². The molecule has 0 aliphatic carbocycles. The van der Waals surface area contributed by atoms with E-state index in [4.69, 9.17) is 9.47 Å². The molecule has 4 heteroatoms. The Kier molecular flexibility index (Phi) is 5.45. The van der Waals surface area contributed by atoms with Crippen LogP contribution in [0.5, 0.6) is 11.5 Å². The predicted octanol–water partition coefficient (Wildman–Crippen LogP) is 1.64. The average Bonchev–Trinajstić information content (AvgIpc) is 2.34. The minimum atomic E-state index is -0.338. The van der Waals surface area contributed by atoms with Gasteiger partial charge in [-0.2, -0.15) is 0 Å². The molecule has 0 aliphatic heterocycles. The molecule has 0 spiro atoms. The second-order valence-corrected chi connectivity index (χ2v) is 3.10. The zero-order valence-electron chi connectivity index (χ0n) is 9.86. The molecular weight excluding hydrogens is 220 g/mol. The van der Waals surface area contributed by atoms with Crippen molar-refractivity contribution in [3.8, 4) is 23.3 Å². The fraction of sp³-hybridized carbons (Fsp3) is 0.308. The molecule has 1 aromatic carbocycles. The van der Waals surface area contributed by atoms with Gasteiger partial charge >= 0.3 is 5.97 Å². The van der Waals surface area contributed by atoms with Crippen LogP contribution >= 0.6 is 0 Å². The van der Waals surface area contributed by atoms with E-state index in [1.54, 1.807) is 19.2 Å². The normalized spacial score (nSPS) is 8.82. The molecule has 0 aliphatic rings. The quantitative estimate of drug-likeness (QED) is 0.587. The number of ether oxygens (including phenoxy) is 3. The predicted molar refractivity (Wildman–Crippen MR) is 62.9 cm³/mol. The number of esters is 1. The Labute approximate surface area is 100 Å². The van der Waals surface area contributed by atoms with Gasteiger partial charge in [-0.05, 0) is 24.3 Å². The van der Waals surface area contributed by atoms with E-state index in [0.717, 1.165) is 5.75 Å². The van der Waals surface area contributed by atoms with Gasteiger partial charge < -0.3 is 14.2 Å². The molecule has 4 nitrogen and oxygen atoms in total. The van der Waals surface area contributed by atoms with Gasteiger partial charge in [-0.3, -0.25) is 4.79 Å². The number of carbonyl (C=O) groups excluding carboxylic acids is 1. The van der Waals surface area contributed by atoms with Gasteiger partial charge in [0.15, 0.2) is 6.61 Å². The first-order valence-electron chi connectivity index (χ1n) is 5.08. The third-order valence-corrected chi connectivity index (χ3v) is 1.84. The van der Waals surface area contributed by atoms with Gasteiger partial charge in [0.25, 0.3) is 0 Å². The summed E-state index contributed by atoms with van der Waals surface area (Å²) in [5.74, 6) is 6.56. The summed E-state index contributed by atoms with van der Waals surface area (Å²) >= 11 is 0. The molecule has 0 N–H and O–H groups in total. The van der Waals surface area contributed by atoms with Crippen LogP contribution in [0, 0.1) is 11.8 Å². The number of hydrogen-bond acceptors (Lipinski definition) is 4. The van der Waals surface area contributed by atoms with Crippen LogP contribution in [0.25, 0.3) is 0 Å². The van der Waals surface area contributed by atoms with Gasteiger partial charge in [-0.15, -0.1) is 0 Å². The Bertz CT molecular complexity index is 411. The highest BCUT2D eigenvalue weighted by Gasteiger charge is 1.93. The summed E-state index contributed by atoms with van der Waals surface area (Å²) in [6, 6.07) is 7.21. The van der Waals surface area contributed by atoms with Crippen molar-refractivity contribution in [2.75, 3.05) is 20.3 Å². The van der Waals surface area contributed by atoms with Crippen LogP contribution in [-0.2, 0) is 9.53 Å². The first kappa shape index (κ1) is 12.9. The Balaban J connectivity index is 2.27. The Morgan fingerprint density at radius 3 is 2.29 bits per heavy atom. The summed E-state index contributed by atoms with van der Waals surface area (Å²) < 4.78 is 15.0. The Morgan fingerprint density at radius 2 is 1.71 bits per heavy atom. The first-order chi connectivity index (χ1) is 8.22. The highest BCUT2D eigenvalue weighted by Crippen LogP contribution is 2.16. The summed E-state index contributed by atoms with van der Waals surface area (Å²) in [6.45, 7) is 1.70. The molecule has 1 rings (SSSR count). The highest BCUT2D eigenvalue weighted by atomic mass is 16.5. The number of rotatable bonds is 4. The molecule has 17 heavy (non-hydrogen) atoms. The smallest absolute Gasteiger partial charge is 0.303 e. The maximum absolute atomic E-state index is 10.4. The Hall–Kier alpha value is -2.15. The number of benzene rings is 1. The van der Waals surface area contributed by atoms with Crippen molar-refractivity contribution >= 4 is 5.97 Å². The topological polar surface area (TPSA) is 44.8 Å². The van der Waals surface area contributed by atoms with Crippen LogP contribution in [0.15, 0.2) is 24.3 Å². The lowest BCUT2D eigenvalue weighted by molar-refractivity contribution is -0.139. The van der Waals surface area contributed by atoms with E-state index < -0.39 is 0 Å². The molecule has 0 amide bonds. The molecule has 90 valence electrons. The van der Waals surface area contributed by atoms with Crippen LogP contribution in [0.1, 0.15) is 6.92 Å². The monoisotopic (exact) mass is 234 g/mol. The highest BCUT2D eigenvalue weighted by molar-refractivity contribution is 5.66. The van der Waals surface area contributed by atoms with Crippen molar-refractivity contribution in [1.29, 1.82) is 0 Å². The molecular formula is C13H14O4. The van der Waals surface area contributed by atoms with Crippen molar-refractivity contribution < 1.29 is 19.0 Å². The minimum absolute atomic E-state index is 0.0985. The van der Waals surface area contributed by atoms with E-state index in [1.807, 2.05) is 12.1 Å². The van der Waals surface area contributed by atoms with Crippen LogP contribution in [0.2, 0.25) is 0 Å². The van der Waals surface area contributed by atoms with Crippen molar-refractivity contribution in [2.24, 2.45) is 0 Å². The van der Waals surface area contributed by atoms with Crippen molar-refractivity contribution in [1.82, 2.24) is 0 Å². The summed E-state index contributed by atoms with van der Waals surface area (Å²) in [6.07, 6.45) is 0. The first-order valence-corrected chi connectivity index (χ1v) is 5.08. The lowest BCUT2D eigenvalue weighted by Gasteiger charge is -2.03. The summed E-state index contributed by atoms with van der Waals surface area (Å²) in [5, 5.41) is 0. The lowest BCUT2D eigenvalue weighted by Crippen LogP contribution is -1.99. The largest absolute Gasteiger partial charge is 0.497 e. The second kappa shape index (κ2) is 7.18. The number of carbonyl (C=O) groups is 1. The average molecular weight is 234 g/mol. The number of hydrogen-bond donors (Lipinski definition) is 0. The van der Waals surface area contributed by atoms with Gasteiger partial charge in [0.1, 0.15) is 18.1 Å². The van der Waals surface area contributed by atoms with Crippen LogP contribution in [0.3, 0.4) is 0 Å². The third-order valence-electron chi connectivity index (χ3n) is 1.84. The molecule has 0 saturated heterocycles. The van der Waals surface area contributed by atoms with Crippen molar-refractivity contribution in [3.63, 3.8) is 0 Å². The van der Waals surface area contributed by atoms with Gasteiger partial charge in [0, 0.05) is 6.92 Å². The third kappa shape index (κ3) is 5.47. The summed E-state index contributed by atoms with van der Waals surface area (Å²) in [7, 11) is 1.61. The Morgan fingerprint density at radius 1 is 1.12 bits per heavy atom. The fourth-order valence-corrected chi connectivity index (χ4v) is 1.03. The van der Waals surface area contributed by atoms with E-state index in [2.05, 4.69) is 16.6 Å². The molecule has 0 saturated carbocycles. The maximum Gasteiger partial charge on any atom is 0.303 e. The van der Waals surface area contributed by atoms with E-state index >= 15 is 0 Å². The van der Waals surface area contributed by atoms with E-state index in [-0.39, 0.29) is 19.2 Å². The molecule has 1 aromatic rings. The maximum atomic E-state index is 10.4. The van der Waals surface area contributed by atoms with Gasteiger partial charge in [0.05, 0.1) is 7.11 Å². The standard InChI is InChI=1S/C13H14O4/c1-11(14)16-9-3-4-10-17-13-7-5-12(15-2)6-8-13/h5-8H,9-10H2,1-2H3. The zero-order chi connectivity index (χ0) is 12.5. The molecule has 0 heterocycles. The van der Waals surface area contributed by atoms with Crippen LogP contribution in [-0.4, -0.2) is 26.3 Å². The van der Waals surface area contributed by atoms with E-state index in [1.165, 1.54) is 6.92 Å². The molecule has 0 radical (unpaired) electrons. The lowest BCUT2D eigenvalue weighted by atomic mass is 10.3. The van der Waals surface area contributed by atoms with Crippen LogP contribution in [0.4, 0.5) is 0 Å². The fourth-order valence-electron chi connectivity index (χ4n) is 1.03. The van der Waals surface area contributed by atoms with Crippen molar-refractivity contribution in [2.45, 2.75) is 6.92 Å². The second-order valence-electron chi connectivity index (χ2n) is 3.10. The molecule has 0 unspecified atom stereocenters. The van der Waals surface area contributed by atoms with E-state index in [9.17, 15) is 4.79 Å².